The second-order valence-electron chi connectivity index (χ2n) is 8.88. The van der Waals surface area contributed by atoms with Crippen molar-refractivity contribution in [2.75, 3.05) is 79.2 Å². The molecule has 0 radical (unpaired) electrons. The van der Waals surface area contributed by atoms with Crippen molar-refractivity contribution in [2.24, 2.45) is 0 Å². The molecule has 1 saturated heterocycles. The summed E-state index contributed by atoms with van der Waals surface area (Å²) in [6.45, 7) is 19.4. The van der Waals surface area contributed by atoms with Crippen molar-refractivity contribution in [3.63, 3.8) is 0 Å². The van der Waals surface area contributed by atoms with Crippen LogP contribution in [0.2, 0.25) is 18.1 Å². The average Bonchev–Trinajstić information content (AvgIpc) is 2.67. The fourth-order valence-corrected chi connectivity index (χ4v) is 3.60. The van der Waals surface area contributed by atoms with Gasteiger partial charge in [-0.1, -0.05) is 20.8 Å². The molecule has 174 valence electrons. The molecule has 0 aliphatic carbocycles. The van der Waals surface area contributed by atoms with Crippen LogP contribution < -0.4 is 5.32 Å². The lowest BCUT2D eigenvalue weighted by atomic mass is 10.1. The quantitative estimate of drug-likeness (QED) is 0.278. The third kappa shape index (κ3) is 13.8. The van der Waals surface area contributed by atoms with Gasteiger partial charge in [0, 0.05) is 0 Å². The summed E-state index contributed by atoms with van der Waals surface area (Å²) in [5.41, 5.74) is 0. The molecule has 0 spiro atoms. The predicted molar refractivity (Wildman–Crippen MR) is 118 cm³/mol. The van der Waals surface area contributed by atoms with Crippen LogP contribution >= 0.6 is 0 Å². The molecule has 0 atom stereocenters. The lowest BCUT2D eigenvalue weighted by molar-refractivity contribution is -0.0285. The van der Waals surface area contributed by atoms with Gasteiger partial charge in [0.05, 0.1) is 72.2 Å². The molecule has 0 aromatic heterocycles. The summed E-state index contributed by atoms with van der Waals surface area (Å²) in [6.07, 6.45) is 2.58. The van der Waals surface area contributed by atoms with Gasteiger partial charge in [-0.15, -0.1) is 0 Å². The maximum absolute atomic E-state index is 6.06. The Kier molecular flexibility index (Phi) is 14.6. The fraction of sp³-hybridized carbons (Fsp3) is 1.00. The Balaban J connectivity index is 1.75. The van der Waals surface area contributed by atoms with E-state index < -0.39 is 8.32 Å². The molecular weight excluding hydrogens is 390 g/mol. The molecule has 0 aromatic rings. The maximum atomic E-state index is 6.06. The molecule has 1 aliphatic heterocycles. The Bertz CT molecular complexity index is 386. The summed E-state index contributed by atoms with van der Waals surface area (Å²) in [4.78, 5) is 0. The van der Waals surface area contributed by atoms with E-state index >= 15 is 0 Å². The largest absolute Gasteiger partial charge is 0.414 e. The normalized spacial score (nSPS) is 16.4. The number of hydrogen-bond donors (Lipinski definition) is 1. The van der Waals surface area contributed by atoms with E-state index in [1.165, 1.54) is 0 Å². The van der Waals surface area contributed by atoms with Gasteiger partial charge >= 0.3 is 0 Å². The molecular formula is C21H45NO6Si. The van der Waals surface area contributed by atoms with Crippen molar-refractivity contribution in [2.45, 2.75) is 57.8 Å². The highest BCUT2D eigenvalue weighted by Crippen LogP contribution is 2.36. The second kappa shape index (κ2) is 15.7. The maximum Gasteiger partial charge on any atom is 0.192 e. The molecule has 0 amide bonds. The predicted octanol–water partition coefficient (Wildman–Crippen LogP) is 2.84. The minimum atomic E-state index is -1.67. The molecule has 1 heterocycles. The Morgan fingerprint density at radius 3 is 1.55 bits per heavy atom. The molecule has 1 N–H and O–H groups in total. The van der Waals surface area contributed by atoms with Gasteiger partial charge in [0.1, 0.15) is 0 Å². The molecule has 0 saturated carbocycles. The molecule has 0 aromatic carbocycles. The van der Waals surface area contributed by atoms with Gasteiger partial charge in [-0.2, -0.15) is 0 Å². The number of piperidine rings is 1. The van der Waals surface area contributed by atoms with Gasteiger partial charge in [0.2, 0.25) is 0 Å². The average molecular weight is 436 g/mol. The van der Waals surface area contributed by atoms with Crippen molar-refractivity contribution >= 4 is 8.32 Å². The molecule has 8 heteroatoms. The molecule has 0 unspecified atom stereocenters. The lowest BCUT2D eigenvalue weighted by Crippen LogP contribution is -2.41. The van der Waals surface area contributed by atoms with E-state index in [4.69, 9.17) is 28.1 Å². The van der Waals surface area contributed by atoms with Crippen LogP contribution in [-0.2, 0) is 28.1 Å². The van der Waals surface area contributed by atoms with Crippen LogP contribution in [0.15, 0.2) is 0 Å². The summed E-state index contributed by atoms with van der Waals surface area (Å²) in [5, 5.41) is 3.57. The zero-order valence-electron chi connectivity index (χ0n) is 19.4. The molecule has 1 fully saturated rings. The van der Waals surface area contributed by atoms with Gasteiger partial charge < -0.3 is 33.4 Å². The van der Waals surface area contributed by atoms with Crippen LogP contribution in [0.4, 0.5) is 0 Å². The van der Waals surface area contributed by atoms with Gasteiger partial charge in [0.25, 0.3) is 0 Å². The molecule has 29 heavy (non-hydrogen) atoms. The van der Waals surface area contributed by atoms with Crippen LogP contribution in [0.3, 0.4) is 0 Å². The molecule has 0 bridgehead atoms. The minimum absolute atomic E-state index is 0.238. The van der Waals surface area contributed by atoms with E-state index in [1.807, 2.05) is 0 Å². The van der Waals surface area contributed by atoms with Crippen LogP contribution in [0, 0.1) is 0 Å². The SMILES string of the molecule is CC(C)(C)[Si](C)(C)OCCOCCOCCOCCOCCOC1CCNCC1. The number of rotatable bonds is 17. The topological polar surface area (TPSA) is 67.4 Å². The Hall–Kier alpha value is -0.0631. The Morgan fingerprint density at radius 1 is 0.690 bits per heavy atom. The van der Waals surface area contributed by atoms with E-state index in [2.05, 4.69) is 39.2 Å². The zero-order chi connectivity index (χ0) is 21.4. The summed E-state index contributed by atoms with van der Waals surface area (Å²) in [7, 11) is -1.67. The minimum Gasteiger partial charge on any atom is -0.414 e. The molecule has 1 rings (SSSR count). The van der Waals surface area contributed by atoms with E-state index in [-0.39, 0.29) is 5.04 Å². The first kappa shape index (κ1) is 27.0. The van der Waals surface area contributed by atoms with Crippen LogP contribution in [0.5, 0.6) is 0 Å². The highest BCUT2D eigenvalue weighted by molar-refractivity contribution is 6.74. The Morgan fingerprint density at radius 2 is 1.10 bits per heavy atom. The standard InChI is InChI=1S/C21H45NO6Si/c1-21(2,3)29(4,5)28-19-17-26-15-13-24-11-10-23-12-14-25-16-18-27-20-6-8-22-9-7-20/h20,22H,6-19H2,1-5H3. The first-order chi connectivity index (χ1) is 13.8. The third-order valence-corrected chi connectivity index (χ3v) is 10.0. The van der Waals surface area contributed by atoms with Gasteiger partial charge in [0.15, 0.2) is 8.32 Å². The molecule has 1 aliphatic rings. The van der Waals surface area contributed by atoms with E-state index in [9.17, 15) is 0 Å². The van der Waals surface area contributed by atoms with Crippen LogP contribution in [0.25, 0.3) is 0 Å². The van der Waals surface area contributed by atoms with E-state index in [1.54, 1.807) is 0 Å². The van der Waals surface area contributed by atoms with E-state index in [0.717, 1.165) is 25.9 Å². The smallest absolute Gasteiger partial charge is 0.192 e. The van der Waals surface area contributed by atoms with Crippen molar-refractivity contribution in [3.05, 3.63) is 0 Å². The highest BCUT2D eigenvalue weighted by Gasteiger charge is 2.36. The Labute approximate surface area is 179 Å². The third-order valence-electron chi connectivity index (χ3n) is 5.48. The molecule has 7 nitrogen and oxygen atoms in total. The first-order valence-electron chi connectivity index (χ1n) is 11.1. The fourth-order valence-electron chi connectivity index (χ4n) is 2.57. The van der Waals surface area contributed by atoms with Crippen LogP contribution in [-0.4, -0.2) is 93.6 Å². The summed E-state index contributed by atoms with van der Waals surface area (Å²) < 4.78 is 33.9. The van der Waals surface area contributed by atoms with Crippen molar-refractivity contribution in [1.82, 2.24) is 5.32 Å². The van der Waals surface area contributed by atoms with Gasteiger partial charge in [-0.3, -0.25) is 0 Å². The van der Waals surface area contributed by atoms with Crippen molar-refractivity contribution in [3.8, 4) is 0 Å². The summed E-state index contributed by atoms with van der Waals surface area (Å²) in [5.74, 6) is 0. The summed E-state index contributed by atoms with van der Waals surface area (Å²) >= 11 is 0. The number of hydrogen-bond acceptors (Lipinski definition) is 7. The lowest BCUT2D eigenvalue weighted by Gasteiger charge is -2.36. The van der Waals surface area contributed by atoms with Gasteiger partial charge in [-0.05, 0) is 44.1 Å². The monoisotopic (exact) mass is 435 g/mol. The van der Waals surface area contributed by atoms with Crippen LogP contribution in [0.1, 0.15) is 33.6 Å². The highest BCUT2D eigenvalue weighted by atomic mass is 28.4. The van der Waals surface area contributed by atoms with Crippen molar-refractivity contribution in [1.29, 1.82) is 0 Å². The first-order valence-corrected chi connectivity index (χ1v) is 14.0. The zero-order valence-corrected chi connectivity index (χ0v) is 20.4. The summed E-state index contributed by atoms with van der Waals surface area (Å²) in [6, 6.07) is 0. The van der Waals surface area contributed by atoms with Crippen molar-refractivity contribution < 1.29 is 28.1 Å². The van der Waals surface area contributed by atoms with E-state index in [0.29, 0.717) is 72.2 Å². The second-order valence-corrected chi connectivity index (χ2v) is 13.7. The van der Waals surface area contributed by atoms with Gasteiger partial charge in [-0.25, -0.2) is 0 Å². The number of ether oxygens (including phenoxy) is 5. The number of nitrogens with one attached hydrogen (secondary N) is 1.